The molecule has 2 aromatic heterocycles. The second-order valence-corrected chi connectivity index (χ2v) is 15.8. The summed E-state index contributed by atoms with van der Waals surface area (Å²) in [7, 11) is 0. The number of carbonyl (C=O) groups is 7. The van der Waals surface area contributed by atoms with Crippen LogP contribution in [0, 0.1) is 5.92 Å². The Morgan fingerprint density at radius 3 is 2.40 bits per heavy atom. The summed E-state index contributed by atoms with van der Waals surface area (Å²) in [5.74, 6) is -1.32. The highest BCUT2D eigenvalue weighted by molar-refractivity contribution is 6.25. The fraction of sp³-hybridized carbons (Fsp3) is 0.455. The molecule has 3 N–H and O–H groups in total. The summed E-state index contributed by atoms with van der Waals surface area (Å²) in [4.78, 5) is 99.2. The molecule has 326 valence electrons. The highest BCUT2D eigenvalue weighted by Crippen LogP contribution is 2.32. The molecule has 3 fully saturated rings. The Hall–Kier alpha value is -6.56. The number of piperidine rings is 2. The lowest BCUT2D eigenvalue weighted by atomic mass is 9.91. The van der Waals surface area contributed by atoms with Crippen LogP contribution in [0.15, 0.2) is 60.9 Å². The van der Waals surface area contributed by atoms with Crippen molar-refractivity contribution in [3.05, 3.63) is 83.3 Å². The molecule has 18 heteroatoms. The molecule has 3 saturated heterocycles. The van der Waals surface area contributed by atoms with Crippen molar-refractivity contribution >= 4 is 58.9 Å². The Balaban J connectivity index is 0.747. The van der Waals surface area contributed by atoms with Gasteiger partial charge in [0.05, 0.1) is 30.8 Å². The van der Waals surface area contributed by atoms with E-state index in [-0.39, 0.29) is 61.3 Å². The fourth-order valence-electron chi connectivity index (χ4n) is 8.19. The quantitative estimate of drug-likeness (QED) is 0.101. The van der Waals surface area contributed by atoms with Gasteiger partial charge < -0.3 is 30.1 Å². The Bertz CT molecular complexity index is 2150. The van der Waals surface area contributed by atoms with E-state index in [1.807, 2.05) is 28.0 Å². The van der Waals surface area contributed by atoms with Crippen molar-refractivity contribution in [2.45, 2.75) is 57.4 Å². The predicted molar refractivity (Wildman–Crippen MR) is 227 cm³/mol. The molecule has 0 aliphatic carbocycles. The topological polar surface area (TPSA) is 216 Å². The molecule has 7 rings (SSSR count). The minimum Gasteiger partial charge on any atom is -0.382 e. The van der Waals surface area contributed by atoms with Crippen molar-refractivity contribution in [1.82, 2.24) is 40.5 Å². The number of benzene rings is 1. The number of likely N-dealkylation sites (tertiary alicyclic amines) is 1. The first kappa shape index (κ1) is 43.5. The van der Waals surface area contributed by atoms with Crippen molar-refractivity contribution in [2.75, 3.05) is 75.8 Å². The van der Waals surface area contributed by atoms with Gasteiger partial charge in [0, 0.05) is 82.9 Å². The third-order valence-electron chi connectivity index (χ3n) is 11.7. The smallest absolute Gasteiger partial charge is 0.274 e. The van der Waals surface area contributed by atoms with Crippen LogP contribution in [-0.2, 0) is 23.9 Å². The molecule has 1 aromatic carbocycles. The zero-order valence-corrected chi connectivity index (χ0v) is 34.6. The molecule has 0 bridgehead atoms. The predicted octanol–water partition coefficient (Wildman–Crippen LogP) is 2.29. The van der Waals surface area contributed by atoms with Gasteiger partial charge in [-0.15, -0.1) is 10.2 Å². The van der Waals surface area contributed by atoms with Crippen LogP contribution in [0.3, 0.4) is 0 Å². The molecule has 1 unspecified atom stereocenters. The first-order chi connectivity index (χ1) is 30.2. The van der Waals surface area contributed by atoms with Gasteiger partial charge in [0.1, 0.15) is 6.04 Å². The normalized spacial score (nSPS) is 18.3. The van der Waals surface area contributed by atoms with Crippen LogP contribution < -0.4 is 20.9 Å². The summed E-state index contributed by atoms with van der Waals surface area (Å²) in [6, 6.07) is 11.1. The number of hydrogen-bond acceptors (Lipinski definition) is 13. The molecule has 4 aliphatic heterocycles. The maximum absolute atomic E-state index is 13.3. The Kier molecular flexibility index (Phi) is 14.6. The number of unbranched alkanes of at least 4 members (excludes halogenated alkanes) is 1. The zero-order chi connectivity index (χ0) is 43.4. The van der Waals surface area contributed by atoms with Gasteiger partial charge in [-0.25, -0.2) is 0 Å². The van der Waals surface area contributed by atoms with E-state index < -0.39 is 29.7 Å². The van der Waals surface area contributed by atoms with Gasteiger partial charge in [-0.1, -0.05) is 25.0 Å². The van der Waals surface area contributed by atoms with E-state index in [9.17, 15) is 33.6 Å². The van der Waals surface area contributed by atoms with Crippen molar-refractivity contribution in [3.8, 4) is 0 Å². The molecule has 62 heavy (non-hydrogen) atoms. The number of hydrogen-bond donors (Lipinski definition) is 3. The second-order valence-electron chi connectivity index (χ2n) is 15.8. The molecule has 18 nitrogen and oxygen atoms in total. The Morgan fingerprint density at radius 1 is 0.839 bits per heavy atom. The number of rotatable bonds is 17. The molecule has 0 spiro atoms. The number of fused-ring (bicyclic) bond motifs is 1. The first-order valence-electron chi connectivity index (χ1n) is 21.3. The van der Waals surface area contributed by atoms with Crippen molar-refractivity contribution < 1.29 is 38.3 Å². The molecule has 3 aromatic rings. The van der Waals surface area contributed by atoms with E-state index in [4.69, 9.17) is 4.74 Å². The van der Waals surface area contributed by atoms with Crippen LogP contribution in [0.1, 0.15) is 88.1 Å². The highest BCUT2D eigenvalue weighted by Gasteiger charge is 2.45. The molecular weight excluding hydrogens is 797 g/mol. The molecule has 0 saturated carbocycles. The van der Waals surface area contributed by atoms with Crippen LogP contribution in [0.2, 0.25) is 0 Å². The minimum atomic E-state index is -1.04. The van der Waals surface area contributed by atoms with Crippen LogP contribution in [0.5, 0.6) is 0 Å². The second kappa shape index (κ2) is 20.8. The molecule has 0 radical (unpaired) electrons. The largest absolute Gasteiger partial charge is 0.382 e. The summed E-state index contributed by atoms with van der Waals surface area (Å²) >= 11 is 0. The van der Waals surface area contributed by atoms with Crippen LogP contribution >= 0.6 is 0 Å². The van der Waals surface area contributed by atoms with Crippen molar-refractivity contribution in [3.63, 3.8) is 0 Å². The molecule has 1 atom stereocenters. The summed E-state index contributed by atoms with van der Waals surface area (Å²) in [6.45, 7) is 4.92. The Labute approximate surface area is 359 Å². The van der Waals surface area contributed by atoms with E-state index in [0.29, 0.717) is 75.5 Å². The number of nitrogens with zero attached hydrogens (tertiary/aromatic N) is 7. The third-order valence-corrected chi connectivity index (χ3v) is 11.7. The molecule has 6 heterocycles. The van der Waals surface area contributed by atoms with Gasteiger partial charge >= 0.3 is 0 Å². The maximum Gasteiger partial charge on any atom is 0.274 e. The SMILES string of the molecule is O=C(/C=C/c1cccnc1)NCCCCC1CCN(C(=O)c2ccc(N3CCN(C(=O)CCOCCNc4cccc5c4C(=O)N(C4CCC(=O)NC4=O)C5=O)CC3)nn2)CC1. The van der Waals surface area contributed by atoms with E-state index in [0.717, 1.165) is 42.6 Å². The number of anilines is 2. The van der Waals surface area contributed by atoms with Gasteiger partial charge in [0.2, 0.25) is 23.6 Å². The van der Waals surface area contributed by atoms with E-state index in [1.165, 1.54) is 12.1 Å². The maximum atomic E-state index is 13.3. The average molecular weight is 849 g/mol. The Morgan fingerprint density at radius 2 is 1.66 bits per heavy atom. The fourth-order valence-corrected chi connectivity index (χ4v) is 8.19. The van der Waals surface area contributed by atoms with Gasteiger partial charge in [-0.2, -0.15) is 0 Å². The minimum absolute atomic E-state index is 0.0264. The average Bonchev–Trinajstić information content (AvgIpc) is 3.55. The number of ether oxygens (including phenoxy) is 1. The zero-order valence-electron chi connectivity index (χ0n) is 34.6. The standard InChI is InChI=1S/C44H52N10O8/c55-37(13-9-31-6-4-18-45-29-31)47-19-2-1-5-30-15-21-53(22-16-30)43(60)34-10-12-36(50-49-34)51-23-25-52(26-24-51)39(57)17-27-62-28-20-46-33-8-3-7-32-40(33)44(61)54(42(32)59)35-11-14-38(56)48-41(35)58/h3-4,6-10,12-13,18,29-30,35,46H,1-2,5,11,14-17,19-28H2,(H,47,55)(H,48,56,58)/b13-9+. The first-order valence-corrected chi connectivity index (χ1v) is 21.3. The lowest BCUT2D eigenvalue weighted by molar-refractivity contribution is -0.136. The van der Waals surface area contributed by atoms with Gasteiger partial charge in [-0.3, -0.25) is 48.8 Å². The summed E-state index contributed by atoms with van der Waals surface area (Å²) in [6.07, 6.45) is 11.8. The summed E-state index contributed by atoms with van der Waals surface area (Å²) in [5, 5.41) is 16.9. The molecule has 4 aliphatic rings. The lowest BCUT2D eigenvalue weighted by Crippen LogP contribution is -2.54. The van der Waals surface area contributed by atoms with E-state index >= 15 is 0 Å². The number of nitrogens with one attached hydrogen (secondary N) is 3. The monoisotopic (exact) mass is 848 g/mol. The number of aromatic nitrogens is 3. The van der Waals surface area contributed by atoms with Crippen molar-refractivity contribution in [2.24, 2.45) is 5.92 Å². The summed E-state index contributed by atoms with van der Waals surface area (Å²) < 4.78 is 5.71. The number of pyridine rings is 1. The number of carbonyl (C=O) groups excluding carboxylic acids is 7. The highest BCUT2D eigenvalue weighted by atomic mass is 16.5. The lowest BCUT2D eigenvalue weighted by Gasteiger charge is -2.35. The number of amides is 7. The van der Waals surface area contributed by atoms with E-state index in [2.05, 4.69) is 31.1 Å². The summed E-state index contributed by atoms with van der Waals surface area (Å²) in [5.41, 5.74) is 2.00. The van der Waals surface area contributed by atoms with Gasteiger partial charge in [0.15, 0.2) is 11.5 Å². The van der Waals surface area contributed by atoms with Crippen LogP contribution in [-0.4, -0.2) is 143 Å². The van der Waals surface area contributed by atoms with Crippen LogP contribution in [0.4, 0.5) is 11.5 Å². The molecular formula is C44H52N10O8. The van der Waals surface area contributed by atoms with Crippen LogP contribution in [0.25, 0.3) is 6.08 Å². The van der Waals surface area contributed by atoms with Crippen molar-refractivity contribution in [1.29, 1.82) is 0 Å². The van der Waals surface area contributed by atoms with E-state index in [1.54, 1.807) is 41.6 Å². The third kappa shape index (κ3) is 10.8. The van der Waals surface area contributed by atoms with Gasteiger partial charge in [-0.05, 0) is 73.6 Å². The van der Waals surface area contributed by atoms with Gasteiger partial charge in [0.25, 0.3) is 17.7 Å². The molecule has 7 amide bonds. The number of piperazine rings is 1. The number of imide groups is 2.